The van der Waals surface area contributed by atoms with Gasteiger partial charge in [0, 0.05) is 25.7 Å². The second-order valence-corrected chi connectivity index (χ2v) is 27.9. The van der Waals surface area contributed by atoms with Crippen LogP contribution in [0.5, 0.6) is 0 Å². The van der Waals surface area contributed by atoms with E-state index in [0.717, 1.165) is 103 Å². The summed E-state index contributed by atoms with van der Waals surface area (Å²) in [6.45, 7) is 7.12. The lowest BCUT2D eigenvalue weighted by molar-refractivity contribution is -0.161. The lowest BCUT2D eigenvalue weighted by atomic mass is 10.0. The molecular formula is C68H132O17P2. The number of hydrogen-bond acceptors (Lipinski definition) is 15. The Morgan fingerprint density at radius 3 is 0.782 bits per heavy atom. The topological polar surface area (TPSA) is 237 Å². The van der Waals surface area contributed by atoms with Crippen molar-refractivity contribution in [2.24, 2.45) is 5.92 Å². The zero-order valence-electron chi connectivity index (χ0n) is 56.2. The number of rotatable bonds is 68. The van der Waals surface area contributed by atoms with E-state index in [4.69, 9.17) is 37.0 Å². The minimum Gasteiger partial charge on any atom is -0.462 e. The van der Waals surface area contributed by atoms with Crippen LogP contribution in [0.2, 0.25) is 0 Å². The second-order valence-electron chi connectivity index (χ2n) is 25.0. The Hall–Kier alpha value is -1.94. The van der Waals surface area contributed by atoms with Crippen LogP contribution in [0.15, 0.2) is 0 Å². The molecule has 19 heteroatoms. The van der Waals surface area contributed by atoms with Crippen molar-refractivity contribution in [2.75, 3.05) is 39.6 Å². The maximum Gasteiger partial charge on any atom is 0.472 e. The van der Waals surface area contributed by atoms with Gasteiger partial charge in [0.1, 0.15) is 19.3 Å². The van der Waals surface area contributed by atoms with Gasteiger partial charge in [0.2, 0.25) is 0 Å². The standard InChI is InChI=1S/C68H132O17P2/c1-6-9-12-15-18-20-22-23-24-25-26-27-28-29-31-33-38-43-48-53-67(72)84-64(58-79-66(71)52-47-42-37-32-30-21-19-16-13-10-7-2)60-83-87(76,77)81-56-62(69)55-80-86(74,75)82-59-63(57-78-65(70)51-46-41-35-17-14-11-8-3)85-68(73)54-49-44-39-34-36-40-45-50-61(4)5/h61-64,69H,6-60H2,1-5H3,(H,74,75)(H,76,77)/t62-,63+,64+/m0/s1. The molecule has 0 spiro atoms. The largest absolute Gasteiger partial charge is 0.472 e. The van der Waals surface area contributed by atoms with Gasteiger partial charge in [0.15, 0.2) is 12.2 Å². The van der Waals surface area contributed by atoms with Crippen molar-refractivity contribution in [1.29, 1.82) is 0 Å². The van der Waals surface area contributed by atoms with Gasteiger partial charge in [-0.25, -0.2) is 9.13 Å². The molecule has 0 amide bonds. The van der Waals surface area contributed by atoms with Crippen LogP contribution in [-0.4, -0.2) is 96.7 Å². The van der Waals surface area contributed by atoms with Crippen molar-refractivity contribution >= 4 is 39.5 Å². The van der Waals surface area contributed by atoms with E-state index in [1.54, 1.807) is 0 Å². The van der Waals surface area contributed by atoms with Crippen LogP contribution in [0.25, 0.3) is 0 Å². The van der Waals surface area contributed by atoms with E-state index in [9.17, 15) is 43.2 Å². The summed E-state index contributed by atoms with van der Waals surface area (Å²) in [5.74, 6) is -1.44. The molecule has 0 aliphatic rings. The third kappa shape index (κ3) is 62.6. The lowest BCUT2D eigenvalue weighted by Crippen LogP contribution is -2.30. The van der Waals surface area contributed by atoms with Crippen molar-refractivity contribution in [3.8, 4) is 0 Å². The van der Waals surface area contributed by atoms with Crippen LogP contribution < -0.4 is 0 Å². The van der Waals surface area contributed by atoms with Gasteiger partial charge >= 0.3 is 39.5 Å². The first-order chi connectivity index (χ1) is 42.0. The first kappa shape index (κ1) is 85.1. The molecule has 0 saturated carbocycles. The molecule has 0 aliphatic heterocycles. The number of unbranched alkanes of at least 4 members (excludes halogenated alkanes) is 40. The van der Waals surface area contributed by atoms with Gasteiger partial charge in [-0.2, -0.15) is 0 Å². The van der Waals surface area contributed by atoms with Gasteiger partial charge in [0.05, 0.1) is 26.4 Å². The minimum atomic E-state index is -4.95. The van der Waals surface area contributed by atoms with Crippen LogP contribution in [0.1, 0.15) is 349 Å². The zero-order chi connectivity index (χ0) is 64.2. The molecule has 3 N–H and O–H groups in total. The molecule has 0 aliphatic carbocycles. The number of carbonyl (C=O) groups excluding carboxylic acids is 4. The average Bonchev–Trinajstić information content (AvgIpc) is 3.56. The van der Waals surface area contributed by atoms with Crippen LogP contribution in [-0.2, 0) is 65.4 Å². The average molecular weight is 1280 g/mol. The Kier molecular flexibility index (Phi) is 60.2. The van der Waals surface area contributed by atoms with E-state index < -0.39 is 97.5 Å². The van der Waals surface area contributed by atoms with Crippen LogP contribution in [0.4, 0.5) is 0 Å². The van der Waals surface area contributed by atoms with Crippen LogP contribution >= 0.6 is 15.6 Å². The van der Waals surface area contributed by atoms with E-state index in [0.29, 0.717) is 31.6 Å². The first-order valence-corrected chi connectivity index (χ1v) is 38.6. The Labute approximate surface area is 530 Å². The fourth-order valence-corrected chi connectivity index (χ4v) is 11.9. The molecule has 0 aromatic rings. The number of phosphoric ester groups is 2. The molecule has 0 aromatic carbocycles. The molecule has 2 unspecified atom stereocenters. The molecule has 87 heavy (non-hydrogen) atoms. The molecule has 516 valence electrons. The van der Waals surface area contributed by atoms with Gasteiger partial charge in [-0.3, -0.25) is 37.3 Å². The predicted molar refractivity (Wildman–Crippen MR) is 349 cm³/mol. The highest BCUT2D eigenvalue weighted by atomic mass is 31.2. The number of aliphatic hydroxyl groups is 1. The molecule has 0 radical (unpaired) electrons. The van der Waals surface area contributed by atoms with Crippen molar-refractivity contribution in [2.45, 2.75) is 368 Å². The summed E-state index contributed by atoms with van der Waals surface area (Å²) >= 11 is 0. The molecule has 0 heterocycles. The fraction of sp³-hybridized carbons (Fsp3) is 0.941. The number of ether oxygens (including phenoxy) is 4. The summed E-state index contributed by atoms with van der Waals surface area (Å²) in [5, 5.41) is 10.5. The Morgan fingerprint density at radius 2 is 0.529 bits per heavy atom. The highest BCUT2D eigenvalue weighted by Gasteiger charge is 2.30. The minimum absolute atomic E-state index is 0.103. The van der Waals surface area contributed by atoms with E-state index in [2.05, 4.69) is 34.6 Å². The highest BCUT2D eigenvalue weighted by Crippen LogP contribution is 2.45. The van der Waals surface area contributed by atoms with Crippen LogP contribution in [0, 0.1) is 5.92 Å². The Bertz CT molecular complexity index is 1690. The van der Waals surface area contributed by atoms with Gasteiger partial charge in [-0.1, -0.05) is 298 Å². The van der Waals surface area contributed by atoms with Crippen molar-refractivity contribution < 1.29 is 80.2 Å². The summed E-state index contributed by atoms with van der Waals surface area (Å²) in [6, 6.07) is 0. The van der Waals surface area contributed by atoms with Gasteiger partial charge < -0.3 is 33.8 Å². The summed E-state index contributed by atoms with van der Waals surface area (Å²) in [6.07, 6.45) is 47.5. The van der Waals surface area contributed by atoms with Crippen molar-refractivity contribution in [1.82, 2.24) is 0 Å². The lowest BCUT2D eigenvalue weighted by Gasteiger charge is -2.21. The molecular weight excluding hydrogens is 1150 g/mol. The van der Waals surface area contributed by atoms with E-state index in [1.807, 2.05) is 0 Å². The third-order valence-electron chi connectivity index (χ3n) is 15.8. The van der Waals surface area contributed by atoms with E-state index in [-0.39, 0.29) is 25.7 Å². The normalized spacial score (nSPS) is 14.1. The molecule has 5 atom stereocenters. The number of aliphatic hydroxyl groups excluding tert-OH is 1. The van der Waals surface area contributed by atoms with Gasteiger partial charge in [0.25, 0.3) is 0 Å². The fourth-order valence-electron chi connectivity index (χ4n) is 10.3. The summed E-state index contributed by atoms with van der Waals surface area (Å²) in [4.78, 5) is 72.2. The number of phosphoric acid groups is 2. The van der Waals surface area contributed by atoms with Gasteiger partial charge in [-0.15, -0.1) is 0 Å². The monoisotopic (exact) mass is 1280 g/mol. The maximum atomic E-state index is 13.0. The second kappa shape index (κ2) is 61.6. The predicted octanol–water partition coefficient (Wildman–Crippen LogP) is 19.4. The maximum absolute atomic E-state index is 13.0. The van der Waals surface area contributed by atoms with Crippen molar-refractivity contribution in [3.63, 3.8) is 0 Å². The summed E-state index contributed by atoms with van der Waals surface area (Å²) in [7, 11) is -9.89. The van der Waals surface area contributed by atoms with Gasteiger partial charge in [-0.05, 0) is 31.6 Å². The molecule has 0 saturated heterocycles. The summed E-state index contributed by atoms with van der Waals surface area (Å²) in [5.41, 5.74) is 0. The Balaban J connectivity index is 5.16. The van der Waals surface area contributed by atoms with E-state index in [1.165, 1.54) is 161 Å². The smallest absolute Gasteiger partial charge is 0.462 e. The SMILES string of the molecule is CCCCCCCCCCCCCCCCCCCCCC(=O)O[C@H](COC(=O)CCCCCCCCCCCCC)COP(=O)(O)OC[C@@H](O)COP(=O)(O)OC[C@@H](COC(=O)CCCCCCCCC)OC(=O)CCCCCCCCCC(C)C. The molecule has 0 rings (SSSR count). The van der Waals surface area contributed by atoms with Crippen LogP contribution in [0.3, 0.4) is 0 Å². The summed E-state index contributed by atoms with van der Waals surface area (Å²) < 4.78 is 68.0. The quantitative estimate of drug-likeness (QED) is 0.0222. The number of esters is 4. The highest BCUT2D eigenvalue weighted by molar-refractivity contribution is 7.47. The Morgan fingerprint density at radius 1 is 0.310 bits per heavy atom. The molecule has 0 aromatic heterocycles. The zero-order valence-corrected chi connectivity index (χ0v) is 57.9. The molecule has 17 nitrogen and oxygen atoms in total. The first-order valence-electron chi connectivity index (χ1n) is 35.6. The molecule has 0 bridgehead atoms. The third-order valence-corrected chi connectivity index (χ3v) is 17.7. The number of hydrogen-bond donors (Lipinski definition) is 3. The molecule has 0 fully saturated rings. The van der Waals surface area contributed by atoms with Crippen molar-refractivity contribution in [3.05, 3.63) is 0 Å². The van der Waals surface area contributed by atoms with E-state index >= 15 is 0 Å². The number of carbonyl (C=O) groups is 4.